The van der Waals surface area contributed by atoms with Crippen molar-refractivity contribution in [2.24, 2.45) is 0 Å². The van der Waals surface area contributed by atoms with Crippen molar-refractivity contribution in [2.75, 3.05) is 24.3 Å². The number of anilines is 2. The normalized spacial score (nSPS) is 11.0. The molecule has 0 aliphatic heterocycles. The van der Waals surface area contributed by atoms with Crippen molar-refractivity contribution in [1.82, 2.24) is 0 Å². The lowest BCUT2D eigenvalue weighted by Gasteiger charge is -2.15. The van der Waals surface area contributed by atoms with Crippen LogP contribution in [0.1, 0.15) is 5.56 Å². The van der Waals surface area contributed by atoms with Gasteiger partial charge in [0, 0.05) is 16.4 Å². The van der Waals surface area contributed by atoms with Gasteiger partial charge in [-0.25, -0.2) is 0 Å². The molecule has 2 N–H and O–H groups in total. The summed E-state index contributed by atoms with van der Waals surface area (Å²) < 4.78 is 43.9. The molecular formula is C16H14ClF3N2O2. The van der Waals surface area contributed by atoms with E-state index in [4.69, 9.17) is 16.3 Å². The Morgan fingerprint density at radius 2 is 1.83 bits per heavy atom. The summed E-state index contributed by atoms with van der Waals surface area (Å²) in [6, 6.07) is 9.88. The van der Waals surface area contributed by atoms with E-state index in [0.717, 1.165) is 6.07 Å². The van der Waals surface area contributed by atoms with Crippen molar-refractivity contribution in [2.45, 2.75) is 6.18 Å². The number of alkyl halides is 3. The summed E-state index contributed by atoms with van der Waals surface area (Å²) >= 11 is 5.60. The zero-order valence-corrected chi connectivity index (χ0v) is 13.3. The average molecular weight is 359 g/mol. The van der Waals surface area contributed by atoms with Crippen LogP contribution >= 0.6 is 11.6 Å². The highest BCUT2D eigenvalue weighted by Gasteiger charge is 2.33. The predicted octanol–water partition coefficient (Wildman–Crippen LogP) is 4.42. The van der Waals surface area contributed by atoms with Crippen molar-refractivity contribution >= 4 is 28.9 Å². The molecule has 0 aliphatic carbocycles. The number of carbonyl (C=O) groups is 1. The number of benzene rings is 2. The number of hydrogen-bond acceptors (Lipinski definition) is 3. The number of hydrogen-bond donors (Lipinski definition) is 2. The van der Waals surface area contributed by atoms with E-state index in [1.807, 2.05) is 0 Å². The lowest BCUT2D eigenvalue weighted by atomic mass is 10.1. The van der Waals surface area contributed by atoms with Gasteiger partial charge in [0.05, 0.1) is 19.2 Å². The largest absolute Gasteiger partial charge is 0.497 e. The molecule has 2 aromatic carbocycles. The van der Waals surface area contributed by atoms with Gasteiger partial charge >= 0.3 is 6.18 Å². The molecule has 2 rings (SSSR count). The summed E-state index contributed by atoms with van der Waals surface area (Å²) in [7, 11) is 1.52. The minimum atomic E-state index is -4.57. The molecule has 128 valence electrons. The van der Waals surface area contributed by atoms with Crippen molar-refractivity contribution < 1.29 is 22.7 Å². The second-order valence-corrected chi connectivity index (χ2v) is 5.25. The van der Waals surface area contributed by atoms with E-state index in [1.165, 1.54) is 19.2 Å². The van der Waals surface area contributed by atoms with E-state index in [0.29, 0.717) is 11.4 Å². The number of nitrogens with one attached hydrogen (secondary N) is 2. The molecule has 0 aromatic heterocycles. The second kappa shape index (κ2) is 7.44. The first-order chi connectivity index (χ1) is 11.3. The van der Waals surface area contributed by atoms with E-state index in [1.54, 1.807) is 24.3 Å². The van der Waals surface area contributed by atoms with Crippen LogP contribution in [0.25, 0.3) is 0 Å². The van der Waals surface area contributed by atoms with Crippen molar-refractivity contribution in [3.63, 3.8) is 0 Å². The minimum absolute atomic E-state index is 0.0319. The van der Waals surface area contributed by atoms with Gasteiger partial charge in [-0.15, -0.1) is 0 Å². The Kier molecular flexibility index (Phi) is 5.56. The van der Waals surface area contributed by atoms with Crippen LogP contribution in [0.4, 0.5) is 24.5 Å². The lowest BCUT2D eigenvalue weighted by Crippen LogP contribution is -2.23. The summed E-state index contributed by atoms with van der Waals surface area (Å²) in [4.78, 5) is 11.9. The van der Waals surface area contributed by atoms with Crippen LogP contribution in [-0.4, -0.2) is 19.6 Å². The fourth-order valence-corrected chi connectivity index (χ4v) is 2.13. The number of rotatable bonds is 5. The fraction of sp³-hybridized carbons (Fsp3) is 0.188. The van der Waals surface area contributed by atoms with Gasteiger partial charge in [-0.3, -0.25) is 4.79 Å². The molecule has 0 bridgehead atoms. The molecule has 0 heterocycles. The summed E-state index contributed by atoms with van der Waals surface area (Å²) in [5.41, 5.74) is -0.626. The molecule has 24 heavy (non-hydrogen) atoms. The summed E-state index contributed by atoms with van der Waals surface area (Å²) in [6.45, 7) is -0.323. The van der Waals surface area contributed by atoms with Gasteiger partial charge in [-0.1, -0.05) is 11.6 Å². The van der Waals surface area contributed by atoms with Crippen LogP contribution < -0.4 is 15.4 Å². The molecular weight excluding hydrogens is 345 g/mol. The van der Waals surface area contributed by atoms with Gasteiger partial charge in [0.1, 0.15) is 5.75 Å². The zero-order chi connectivity index (χ0) is 17.7. The summed E-state index contributed by atoms with van der Waals surface area (Å²) in [6.07, 6.45) is -4.57. The number of halogens is 4. The molecule has 0 spiro atoms. The van der Waals surface area contributed by atoms with Gasteiger partial charge in [0.2, 0.25) is 5.91 Å². The van der Waals surface area contributed by atoms with Gasteiger partial charge in [0.15, 0.2) is 0 Å². The van der Waals surface area contributed by atoms with Crippen molar-refractivity contribution in [1.29, 1.82) is 0 Å². The molecule has 0 aliphatic rings. The number of amides is 1. The van der Waals surface area contributed by atoms with Crippen LogP contribution in [0.2, 0.25) is 5.02 Å². The third-order valence-corrected chi connectivity index (χ3v) is 3.34. The molecule has 0 saturated heterocycles. The maximum Gasteiger partial charge on any atom is 0.418 e. The molecule has 0 saturated carbocycles. The molecule has 0 unspecified atom stereocenters. The Morgan fingerprint density at radius 1 is 1.17 bits per heavy atom. The summed E-state index contributed by atoms with van der Waals surface area (Å²) in [5.74, 6) is 0.144. The number of ether oxygens (including phenoxy) is 1. The Bertz CT molecular complexity index is 718. The Morgan fingerprint density at radius 3 is 2.42 bits per heavy atom. The molecule has 1 amide bonds. The number of methoxy groups -OCH3 is 1. The standard InChI is InChI=1S/C16H14ClF3N2O2/c1-24-12-5-3-11(4-6-12)22-15(23)9-21-14-7-2-10(17)8-13(14)16(18,19)20/h2-8,21H,9H2,1H3,(H,22,23). The number of carbonyl (C=O) groups excluding carboxylic acids is 1. The quantitative estimate of drug-likeness (QED) is 0.832. The summed E-state index contributed by atoms with van der Waals surface area (Å²) in [5, 5.41) is 5.01. The highest BCUT2D eigenvalue weighted by atomic mass is 35.5. The highest BCUT2D eigenvalue weighted by molar-refractivity contribution is 6.30. The Labute approximate surface area is 141 Å². The maximum absolute atomic E-state index is 13.0. The van der Waals surface area contributed by atoms with E-state index < -0.39 is 17.6 Å². The van der Waals surface area contributed by atoms with Gasteiger partial charge in [-0.2, -0.15) is 13.2 Å². The molecule has 0 atom stereocenters. The molecule has 8 heteroatoms. The van der Waals surface area contributed by atoms with Crippen LogP contribution in [-0.2, 0) is 11.0 Å². The van der Waals surface area contributed by atoms with Crippen molar-refractivity contribution in [3.05, 3.63) is 53.1 Å². The van der Waals surface area contributed by atoms with E-state index in [9.17, 15) is 18.0 Å². The maximum atomic E-state index is 13.0. The first-order valence-electron chi connectivity index (χ1n) is 6.84. The highest BCUT2D eigenvalue weighted by Crippen LogP contribution is 2.36. The fourth-order valence-electron chi connectivity index (χ4n) is 1.96. The van der Waals surface area contributed by atoms with E-state index in [2.05, 4.69) is 10.6 Å². The van der Waals surface area contributed by atoms with Crippen LogP contribution in [0.15, 0.2) is 42.5 Å². The third kappa shape index (κ3) is 4.79. The minimum Gasteiger partial charge on any atom is -0.497 e. The first-order valence-corrected chi connectivity index (χ1v) is 7.22. The van der Waals surface area contributed by atoms with Crippen LogP contribution in [0.3, 0.4) is 0 Å². The van der Waals surface area contributed by atoms with Gasteiger partial charge in [-0.05, 0) is 42.5 Å². The van der Waals surface area contributed by atoms with E-state index >= 15 is 0 Å². The SMILES string of the molecule is COc1ccc(NC(=O)CNc2ccc(Cl)cc2C(F)(F)F)cc1. The Hall–Kier alpha value is -2.41. The van der Waals surface area contributed by atoms with Gasteiger partial charge in [0.25, 0.3) is 0 Å². The second-order valence-electron chi connectivity index (χ2n) is 4.82. The third-order valence-electron chi connectivity index (χ3n) is 3.10. The topological polar surface area (TPSA) is 50.4 Å². The lowest BCUT2D eigenvalue weighted by molar-refractivity contribution is -0.137. The zero-order valence-electron chi connectivity index (χ0n) is 12.6. The van der Waals surface area contributed by atoms with E-state index in [-0.39, 0.29) is 17.3 Å². The molecule has 0 fully saturated rings. The smallest absolute Gasteiger partial charge is 0.418 e. The average Bonchev–Trinajstić information content (AvgIpc) is 2.53. The van der Waals surface area contributed by atoms with Gasteiger partial charge < -0.3 is 15.4 Å². The Balaban J connectivity index is 2.01. The molecule has 4 nitrogen and oxygen atoms in total. The molecule has 2 aromatic rings. The monoisotopic (exact) mass is 358 g/mol. The van der Waals surface area contributed by atoms with Crippen LogP contribution in [0, 0.1) is 0 Å². The predicted molar refractivity (Wildman–Crippen MR) is 86.6 cm³/mol. The molecule has 0 radical (unpaired) electrons. The van der Waals surface area contributed by atoms with Crippen LogP contribution in [0.5, 0.6) is 5.75 Å². The first kappa shape index (κ1) is 17.9. The van der Waals surface area contributed by atoms with Crippen molar-refractivity contribution in [3.8, 4) is 5.75 Å².